The number of hydrogen-bond acceptors (Lipinski definition) is 3. The summed E-state index contributed by atoms with van der Waals surface area (Å²) in [5, 5.41) is -0.586. The lowest BCUT2D eigenvalue weighted by Crippen LogP contribution is -2.43. The number of benzene rings is 1. The summed E-state index contributed by atoms with van der Waals surface area (Å²) >= 11 is 6.34. The number of halogens is 1. The minimum atomic E-state index is -1.70. The zero-order chi connectivity index (χ0) is 16.3. The first-order valence-electron chi connectivity index (χ1n) is 7.51. The molecule has 3 nitrogen and oxygen atoms in total. The van der Waals surface area contributed by atoms with Gasteiger partial charge in [-0.25, -0.2) is 0 Å². The fraction of sp³-hybridized carbons (Fsp3) is 0.471. The second kappa shape index (κ2) is 6.98. The summed E-state index contributed by atoms with van der Waals surface area (Å²) in [4.78, 5) is 12.5. The Hall–Kier alpha value is -1.10. The normalized spacial score (nSPS) is 24.6. The molecule has 0 spiro atoms. The molecule has 0 amide bonds. The van der Waals surface area contributed by atoms with Crippen molar-refractivity contribution in [3.05, 3.63) is 35.4 Å². The van der Waals surface area contributed by atoms with Crippen LogP contribution in [-0.2, 0) is 9.22 Å². The van der Waals surface area contributed by atoms with E-state index >= 15 is 0 Å². The average molecular weight is 339 g/mol. The van der Waals surface area contributed by atoms with Crippen molar-refractivity contribution in [3.63, 3.8) is 0 Å². The summed E-state index contributed by atoms with van der Waals surface area (Å²) in [5.74, 6) is 0.763. The Kier molecular flexibility index (Phi) is 5.48. The van der Waals surface area contributed by atoms with Crippen LogP contribution in [0.4, 0.5) is 0 Å². The zero-order valence-electron chi connectivity index (χ0n) is 13.6. The van der Waals surface area contributed by atoms with E-state index in [0.29, 0.717) is 6.42 Å². The molecule has 1 aromatic carbocycles. The number of alkyl halides is 1. The lowest BCUT2D eigenvalue weighted by Gasteiger charge is -2.33. The molecule has 0 N–H and O–H groups in total. The van der Waals surface area contributed by atoms with E-state index in [-0.39, 0.29) is 11.9 Å². The number of rotatable bonds is 4. The van der Waals surface area contributed by atoms with Crippen LogP contribution in [0.25, 0.3) is 6.08 Å². The van der Waals surface area contributed by atoms with Crippen LogP contribution in [0.2, 0.25) is 19.6 Å². The van der Waals surface area contributed by atoms with Crippen molar-refractivity contribution in [2.75, 3.05) is 7.11 Å². The maximum absolute atomic E-state index is 12.5. The largest absolute Gasteiger partial charge is 0.497 e. The van der Waals surface area contributed by atoms with Gasteiger partial charge in [-0.05, 0) is 61.8 Å². The summed E-state index contributed by atoms with van der Waals surface area (Å²) < 4.78 is 11.2. The molecule has 1 fully saturated rings. The first-order chi connectivity index (χ1) is 10.3. The van der Waals surface area contributed by atoms with Crippen LogP contribution in [0.15, 0.2) is 29.8 Å². The van der Waals surface area contributed by atoms with Crippen LogP contribution in [0, 0.1) is 0 Å². The minimum Gasteiger partial charge on any atom is -0.497 e. The zero-order valence-corrected chi connectivity index (χ0v) is 15.3. The van der Waals surface area contributed by atoms with Crippen LogP contribution in [0.5, 0.6) is 5.75 Å². The molecule has 2 atom stereocenters. The number of carbonyl (C=O) groups is 1. The lowest BCUT2D eigenvalue weighted by atomic mass is 9.89. The summed E-state index contributed by atoms with van der Waals surface area (Å²) in [6, 6.07) is 7.66. The van der Waals surface area contributed by atoms with Gasteiger partial charge in [0.15, 0.2) is 14.1 Å². The van der Waals surface area contributed by atoms with Crippen molar-refractivity contribution in [1.82, 2.24) is 0 Å². The third kappa shape index (κ3) is 4.45. The predicted molar refractivity (Wildman–Crippen MR) is 93.1 cm³/mol. The highest BCUT2D eigenvalue weighted by molar-refractivity contribution is 6.69. The summed E-state index contributed by atoms with van der Waals surface area (Å²) in [6.07, 6.45) is 3.24. The molecule has 1 aliphatic carbocycles. The maximum atomic E-state index is 12.5. The standard InChI is InChI=1S/C17H23ClO3Si/c1-20-14-7-5-6-12(11-14)10-13-8-9-15(16(18)17(13)19)21-22(2,3)4/h5-7,10-11,15-16H,8-9H2,1-4H3. The third-order valence-corrected chi connectivity index (χ3v) is 5.02. The van der Waals surface area contributed by atoms with E-state index in [1.165, 1.54) is 0 Å². The average Bonchev–Trinajstić information content (AvgIpc) is 2.46. The van der Waals surface area contributed by atoms with Crippen molar-refractivity contribution >= 4 is 31.8 Å². The fourth-order valence-electron chi connectivity index (χ4n) is 2.56. The van der Waals surface area contributed by atoms with Crippen LogP contribution in [0.3, 0.4) is 0 Å². The molecule has 1 saturated carbocycles. The minimum absolute atomic E-state index is 0.0148. The van der Waals surface area contributed by atoms with Crippen molar-refractivity contribution in [2.24, 2.45) is 0 Å². The second-order valence-electron chi connectivity index (χ2n) is 6.52. The number of ketones is 1. The fourth-order valence-corrected chi connectivity index (χ4v) is 4.13. The molecule has 2 unspecified atom stereocenters. The highest BCUT2D eigenvalue weighted by Gasteiger charge is 2.36. The molecule has 0 aromatic heterocycles. The maximum Gasteiger partial charge on any atom is 0.184 e. The van der Waals surface area contributed by atoms with Gasteiger partial charge >= 0.3 is 0 Å². The Morgan fingerprint density at radius 1 is 1.32 bits per heavy atom. The van der Waals surface area contributed by atoms with E-state index in [9.17, 15) is 4.79 Å². The van der Waals surface area contributed by atoms with Crippen molar-refractivity contribution < 1.29 is 14.0 Å². The molecule has 5 heteroatoms. The number of methoxy groups -OCH3 is 1. The number of carbonyl (C=O) groups excluding carboxylic acids is 1. The van der Waals surface area contributed by atoms with Gasteiger partial charge in [-0.2, -0.15) is 0 Å². The molecular weight excluding hydrogens is 316 g/mol. The lowest BCUT2D eigenvalue weighted by molar-refractivity contribution is -0.118. The smallest absolute Gasteiger partial charge is 0.184 e. The molecule has 0 bridgehead atoms. The van der Waals surface area contributed by atoms with Crippen LogP contribution in [0.1, 0.15) is 18.4 Å². The van der Waals surface area contributed by atoms with Crippen LogP contribution in [-0.4, -0.2) is 32.7 Å². The molecular formula is C17H23ClO3Si. The Labute approximate surface area is 138 Å². The van der Waals surface area contributed by atoms with Gasteiger partial charge in [0.05, 0.1) is 13.2 Å². The molecule has 0 saturated heterocycles. The first kappa shape index (κ1) is 17.3. The van der Waals surface area contributed by atoms with E-state index in [1.807, 2.05) is 30.3 Å². The third-order valence-electron chi connectivity index (χ3n) is 3.53. The van der Waals surface area contributed by atoms with E-state index in [2.05, 4.69) is 19.6 Å². The van der Waals surface area contributed by atoms with Crippen molar-refractivity contribution in [3.8, 4) is 5.75 Å². The van der Waals surface area contributed by atoms with Gasteiger partial charge in [0.25, 0.3) is 0 Å². The van der Waals surface area contributed by atoms with Crippen LogP contribution < -0.4 is 4.74 Å². The Bertz CT molecular complexity index is 578. The van der Waals surface area contributed by atoms with Gasteiger partial charge in [-0.3, -0.25) is 4.79 Å². The number of allylic oxidation sites excluding steroid dienone is 1. The molecule has 22 heavy (non-hydrogen) atoms. The van der Waals surface area contributed by atoms with Gasteiger partial charge in [-0.15, -0.1) is 11.6 Å². The quantitative estimate of drug-likeness (QED) is 0.467. The topological polar surface area (TPSA) is 35.5 Å². The van der Waals surface area contributed by atoms with E-state index in [4.69, 9.17) is 20.8 Å². The Balaban J connectivity index is 2.15. The number of Topliss-reactive ketones (excluding diaryl/α,β-unsaturated/α-hetero) is 1. The van der Waals surface area contributed by atoms with E-state index in [0.717, 1.165) is 23.3 Å². The summed E-state index contributed by atoms with van der Waals surface area (Å²) in [5.41, 5.74) is 1.72. The van der Waals surface area contributed by atoms with Gasteiger partial charge in [0.1, 0.15) is 11.1 Å². The van der Waals surface area contributed by atoms with E-state index < -0.39 is 13.7 Å². The SMILES string of the molecule is COc1cccc(C=C2CCC(O[Si](C)(C)C)C(Cl)C2=O)c1. The molecule has 1 aliphatic rings. The molecule has 120 valence electrons. The molecule has 0 heterocycles. The van der Waals surface area contributed by atoms with Gasteiger partial charge in [-0.1, -0.05) is 12.1 Å². The molecule has 2 rings (SSSR count). The summed E-state index contributed by atoms with van der Waals surface area (Å²) in [6.45, 7) is 6.34. The molecule has 0 radical (unpaired) electrons. The number of hydrogen-bond donors (Lipinski definition) is 0. The van der Waals surface area contributed by atoms with E-state index in [1.54, 1.807) is 7.11 Å². The Morgan fingerprint density at radius 2 is 2.05 bits per heavy atom. The molecule has 0 aliphatic heterocycles. The van der Waals surface area contributed by atoms with Crippen LogP contribution >= 0.6 is 11.6 Å². The summed E-state index contributed by atoms with van der Waals surface area (Å²) in [7, 11) is -0.0671. The van der Waals surface area contributed by atoms with Gasteiger partial charge < -0.3 is 9.16 Å². The van der Waals surface area contributed by atoms with Crippen molar-refractivity contribution in [1.29, 1.82) is 0 Å². The van der Waals surface area contributed by atoms with Gasteiger partial charge in [0, 0.05) is 0 Å². The Morgan fingerprint density at radius 3 is 2.68 bits per heavy atom. The highest BCUT2D eigenvalue weighted by atomic mass is 35.5. The monoisotopic (exact) mass is 338 g/mol. The second-order valence-corrected chi connectivity index (χ2v) is 11.5. The predicted octanol–water partition coefficient (Wildman–Crippen LogP) is 4.27. The first-order valence-corrected chi connectivity index (χ1v) is 11.4. The van der Waals surface area contributed by atoms with Crippen molar-refractivity contribution in [2.45, 2.75) is 44.0 Å². The number of ether oxygens (including phenoxy) is 1. The highest BCUT2D eigenvalue weighted by Crippen LogP contribution is 2.30. The van der Waals surface area contributed by atoms with Gasteiger partial charge in [0.2, 0.25) is 0 Å². The molecule has 1 aromatic rings.